The maximum Gasteiger partial charge on any atom is 0.435 e. The minimum atomic E-state index is -4.38. The zero-order chi connectivity index (χ0) is 10.5. The topological polar surface area (TPSA) is 43.8 Å². The van der Waals surface area contributed by atoms with Crippen LogP contribution in [0.3, 0.4) is 0 Å². The van der Waals surface area contributed by atoms with Gasteiger partial charge in [-0.05, 0) is 6.42 Å². The van der Waals surface area contributed by atoms with Gasteiger partial charge in [-0.2, -0.15) is 18.3 Å². The second-order valence-electron chi connectivity index (χ2n) is 3.61. The Morgan fingerprint density at radius 1 is 1.57 bits per heavy atom. The van der Waals surface area contributed by atoms with E-state index in [0.717, 1.165) is 0 Å². The van der Waals surface area contributed by atoms with Crippen molar-refractivity contribution < 1.29 is 13.2 Å². The van der Waals surface area contributed by atoms with Crippen LogP contribution in [0.4, 0.5) is 13.2 Å². The van der Waals surface area contributed by atoms with Crippen LogP contribution in [0.25, 0.3) is 0 Å². The number of hydrogen-bond donors (Lipinski definition) is 1. The Labute approximate surface area is 78.7 Å². The molecule has 1 aromatic rings. The van der Waals surface area contributed by atoms with E-state index in [2.05, 4.69) is 5.10 Å². The van der Waals surface area contributed by atoms with Crippen LogP contribution in [0.1, 0.15) is 23.6 Å². The molecule has 0 bridgehead atoms. The zero-order valence-electron chi connectivity index (χ0n) is 7.54. The van der Waals surface area contributed by atoms with Gasteiger partial charge in [-0.1, -0.05) is 0 Å². The van der Waals surface area contributed by atoms with Gasteiger partial charge < -0.3 is 5.73 Å². The van der Waals surface area contributed by atoms with Crippen LogP contribution < -0.4 is 5.73 Å². The molecule has 2 atom stereocenters. The van der Waals surface area contributed by atoms with Crippen molar-refractivity contribution in [1.82, 2.24) is 9.78 Å². The first-order valence-corrected chi connectivity index (χ1v) is 4.26. The van der Waals surface area contributed by atoms with Crippen molar-refractivity contribution in [2.75, 3.05) is 0 Å². The van der Waals surface area contributed by atoms with Crippen LogP contribution in [0.2, 0.25) is 0 Å². The summed E-state index contributed by atoms with van der Waals surface area (Å²) >= 11 is 0. The molecule has 6 heteroatoms. The molecule has 0 aliphatic heterocycles. The van der Waals surface area contributed by atoms with Crippen LogP contribution in [0.15, 0.2) is 6.20 Å². The molecule has 1 fully saturated rings. The zero-order valence-corrected chi connectivity index (χ0v) is 7.54. The van der Waals surface area contributed by atoms with E-state index in [-0.39, 0.29) is 17.5 Å². The summed E-state index contributed by atoms with van der Waals surface area (Å²) in [4.78, 5) is 0. The Balaban J connectivity index is 2.39. The number of nitrogens with zero attached hydrogens (tertiary/aromatic N) is 2. The summed E-state index contributed by atoms with van der Waals surface area (Å²) < 4.78 is 38.6. The van der Waals surface area contributed by atoms with Gasteiger partial charge in [0.2, 0.25) is 0 Å². The quantitative estimate of drug-likeness (QED) is 0.749. The molecule has 1 aliphatic carbocycles. The number of rotatable bonds is 1. The molecule has 78 valence electrons. The summed E-state index contributed by atoms with van der Waals surface area (Å²) in [5.74, 6) is -0.166. The van der Waals surface area contributed by atoms with Crippen LogP contribution in [-0.4, -0.2) is 15.8 Å². The van der Waals surface area contributed by atoms with Gasteiger partial charge in [0.15, 0.2) is 5.69 Å². The molecule has 1 aromatic heterocycles. The maximum absolute atomic E-state index is 12.5. The first kappa shape index (κ1) is 9.51. The number of nitrogens with two attached hydrogens (primary N) is 1. The Kier molecular flexibility index (Phi) is 1.85. The number of hydrogen-bond acceptors (Lipinski definition) is 2. The molecule has 0 aromatic carbocycles. The van der Waals surface area contributed by atoms with Crippen molar-refractivity contribution in [1.29, 1.82) is 0 Å². The molecular formula is C8H10F3N3. The minimum Gasteiger partial charge on any atom is -0.327 e. The molecule has 1 saturated carbocycles. The molecular weight excluding hydrogens is 195 g/mol. The van der Waals surface area contributed by atoms with Gasteiger partial charge in [-0.15, -0.1) is 0 Å². The first-order valence-electron chi connectivity index (χ1n) is 4.26. The molecule has 0 radical (unpaired) electrons. The molecule has 1 heterocycles. The Hall–Kier alpha value is -1.04. The van der Waals surface area contributed by atoms with E-state index in [9.17, 15) is 13.2 Å². The standard InChI is InChI=1S/C8H10F3N3/c1-14-3-5(4-2-6(4)12)7(13-14)8(9,10)11/h3-4,6H,2,12H2,1H3. The van der Waals surface area contributed by atoms with Gasteiger partial charge in [0, 0.05) is 30.8 Å². The molecule has 0 amide bonds. The molecule has 2 rings (SSSR count). The second-order valence-corrected chi connectivity index (χ2v) is 3.61. The Morgan fingerprint density at radius 2 is 2.14 bits per heavy atom. The van der Waals surface area contributed by atoms with Crippen molar-refractivity contribution in [3.63, 3.8) is 0 Å². The smallest absolute Gasteiger partial charge is 0.327 e. The van der Waals surface area contributed by atoms with Crippen LogP contribution in [-0.2, 0) is 13.2 Å². The molecule has 1 aliphatic rings. The fourth-order valence-electron chi connectivity index (χ4n) is 1.57. The lowest BCUT2D eigenvalue weighted by atomic mass is 10.1. The summed E-state index contributed by atoms with van der Waals surface area (Å²) in [6, 6.07) is -0.139. The normalized spacial score (nSPS) is 26.6. The monoisotopic (exact) mass is 205 g/mol. The van der Waals surface area contributed by atoms with E-state index in [1.807, 2.05) is 0 Å². The summed E-state index contributed by atoms with van der Waals surface area (Å²) in [6.45, 7) is 0. The summed E-state index contributed by atoms with van der Waals surface area (Å²) in [5.41, 5.74) is 4.95. The number of alkyl halides is 3. The fourth-order valence-corrected chi connectivity index (χ4v) is 1.57. The molecule has 2 unspecified atom stereocenters. The van der Waals surface area contributed by atoms with Gasteiger partial charge in [-0.3, -0.25) is 4.68 Å². The maximum atomic E-state index is 12.5. The van der Waals surface area contributed by atoms with Crippen LogP contribution in [0, 0.1) is 0 Å². The second kappa shape index (κ2) is 2.73. The lowest BCUT2D eigenvalue weighted by Gasteiger charge is -2.04. The molecule has 0 saturated heterocycles. The lowest BCUT2D eigenvalue weighted by molar-refractivity contribution is -0.142. The largest absolute Gasteiger partial charge is 0.435 e. The third kappa shape index (κ3) is 1.50. The predicted octanol–water partition coefficient (Wildman–Crippen LogP) is 1.25. The van der Waals surface area contributed by atoms with Crippen molar-refractivity contribution >= 4 is 0 Å². The van der Waals surface area contributed by atoms with Gasteiger partial charge in [0.05, 0.1) is 0 Å². The van der Waals surface area contributed by atoms with Gasteiger partial charge in [0.25, 0.3) is 0 Å². The van der Waals surface area contributed by atoms with Crippen molar-refractivity contribution in [2.24, 2.45) is 12.8 Å². The highest BCUT2D eigenvalue weighted by Crippen LogP contribution is 2.44. The highest BCUT2D eigenvalue weighted by molar-refractivity contribution is 5.31. The van der Waals surface area contributed by atoms with Gasteiger partial charge in [0.1, 0.15) is 0 Å². The number of aromatic nitrogens is 2. The van der Waals surface area contributed by atoms with E-state index in [1.54, 1.807) is 0 Å². The number of aryl methyl sites for hydroxylation is 1. The summed E-state index contributed by atoms with van der Waals surface area (Å²) in [5, 5.41) is 3.41. The summed E-state index contributed by atoms with van der Waals surface area (Å²) in [6.07, 6.45) is -2.35. The fraction of sp³-hybridized carbons (Fsp3) is 0.625. The van der Waals surface area contributed by atoms with E-state index >= 15 is 0 Å². The lowest BCUT2D eigenvalue weighted by Crippen LogP contribution is -2.10. The third-order valence-corrected chi connectivity index (χ3v) is 2.36. The highest BCUT2D eigenvalue weighted by atomic mass is 19.4. The van der Waals surface area contributed by atoms with Crippen molar-refractivity contribution in [2.45, 2.75) is 24.6 Å². The van der Waals surface area contributed by atoms with Crippen molar-refractivity contribution in [3.8, 4) is 0 Å². The van der Waals surface area contributed by atoms with Crippen LogP contribution >= 0.6 is 0 Å². The van der Waals surface area contributed by atoms with Crippen LogP contribution in [0.5, 0.6) is 0 Å². The first-order chi connectivity index (χ1) is 6.39. The average Bonchev–Trinajstić information content (AvgIpc) is 2.58. The predicted molar refractivity (Wildman–Crippen MR) is 43.5 cm³/mol. The van der Waals surface area contributed by atoms with E-state index < -0.39 is 11.9 Å². The minimum absolute atomic E-state index is 0.139. The van der Waals surface area contributed by atoms with Gasteiger partial charge in [-0.25, -0.2) is 0 Å². The Morgan fingerprint density at radius 3 is 2.57 bits per heavy atom. The average molecular weight is 205 g/mol. The third-order valence-electron chi connectivity index (χ3n) is 2.36. The molecule has 2 N–H and O–H groups in total. The van der Waals surface area contributed by atoms with E-state index in [1.165, 1.54) is 17.9 Å². The highest BCUT2D eigenvalue weighted by Gasteiger charge is 2.45. The Bertz CT molecular complexity index is 355. The van der Waals surface area contributed by atoms with Gasteiger partial charge >= 0.3 is 6.18 Å². The molecule has 14 heavy (non-hydrogen) atoms. The SMILES string of the molecule is Cn1cc(C2CC2N)c(C(F)(F)F)n1. The number of halogens is 3. The van der Waals surface area contributed by atoms with E-state index in [0.29, 0.717) is 6.42 Å². The van der Waals surface area contributed by atoms with E-state index in [4.69, 9.17) is 5.73 Å². The van der Waals surface area contributed by atoms with Crippen molar-refractivity contribution in [3.05, 3.63) is 17.5 Å². The molecule has 3 nitrogen and oxygen atoms in total. The summed E-state index contributed by atoms with van der Waals surface area (Å²) in [7, 11) is 1.48. The molecule has 0 spiro atoms.